The molecule has 2 rings (SSSR count). The minimum atomic E-state index is -0.528. The van der Waals surface area contributed by atoms with E-state index in [1.807, 2.05) is 37.3 Å². The molecule has 2 aromatic rings. The summed E-state index contributed by atoms with van der Waals surface area (Å²) in [7, 11) is 0. The Labute approximate surface area is 141 Å². The minimum absolute atomic E-state index is 0.396. The molecule has 24 heavy (non-hydrogen) atoms. The van der Waals surface area contributed by atoms with Gasteiger partial charge in [-0.3, -0.25) is 0 Å². The average molecular weight is 322 g/mol. The van der Waals surface area contributed by atoms with E-state index in [-0.39, 0.29) is 0 Å². The van der Waals surface area contributed by atoms with Gasteiger partial charge in [0.25, 0.3) is 0 Å². The van der Waals surface area contributed by atoms with Crippen LogP contribution in [0.25, 0.3) is 6.08 Å². The lowest BCUT2D eigenvalue weighted by atomic mass is 10.1. The van der Waals surface area contributed by atoms with Crippen LogP contribution in [0, 0.1) is 0 Å². The van der Waals surface area contributed by atoms with E-state index < -0.39 is 11.9 Å². The van der Waals surface area contributed by atoms with Crippen molar-refractivity contribution in [2.75, 3.05) is 0 Å². The molecule has 0 unspecified atom stereocenters. The van der Waals surface area contributed by atoms with Crippen LogP contribution in [0.1, 0.15) is 18.1 Å². The molecule has 0 N–H and O–H groups in total. The molecule has 0 fully saturated rings. The SMILES string of the molecule is C=CC(=O)Oc1ccc(OC(=O)C=Cc2ccccc2)cc1CC. The Balaban J connectivity index is 2.06. The van der Waals surface area contributed by atoms with Crippen molar-refractivity contribution in [1.29, 1.82) is 0 Å². The van der Waals surface area contributed by atoms with Gasteiger partial charge < -0.3 is 9.47 Å². The number of esters is 2. The first kappa shape index (κ1) is 17.2. The molecule has 0 aromatic heterocycles. The van der Waals surface area contributed by atoms with Gasteiger partial charge in [0.1, 0.15) is 11.5 Å². The number of benzene rings is 2. The van der Waals surface area contributed by atoms with Crippen LogP contribution in [0.3, 0.4) is 0 Å². The maximum atomic E-state index is 11.9. The summed E-state index contributed by atoms with van der Waals surface area (Å²) < 4.78 is 10.4. The Kier molecular flexibility index (Phi) is 6.08. The maximum absolute atomic E-state index is 11.9. The van der Waals surface area contributed by atoms with Crippen molar-refractivity contribution >= 4 is 18.0 Å². The van der Waals surface area contributed by atoms with E-state index in [2.05, 4.69) is 6.58 Å². The zero-order valence-electron chi connectivity index (χ0n) is 13.4. The highest BCUT2D eigenvalue weighted by atomic mass is 16.5. The summed E-state index contributed by atoms with van der Waals surface area (Å²) in [5.74, 6) is -0.174. The topological polar surface area (TPSA) is 52.6 Å². The van der Waals surface area contributed by atoms with Crippen molar-refractivity contribution < 1.29 is 19.1 Å². The van der Waals surface area contributed by atoms with Crippen LogP contribution in [-0.4, -0.2) is 11.9 Å². The Morgan fingerprint density at radius 1 is 1.04 bits per heavy atom. The number of carbonyl (C=O) groups excluding carboxylic acids is 2. The van der Waals surface area contributed by atoms with Crippen LogP contribution in [0.2, 0.25) is 0 Å². The number of hydrogen-bond donors (Lipinski definition) is 0. The van der Waals surface area contributed by atoms with Crippen LogP contribution in [0.5, 0.6) is 11.5 Å². The highest BCUT2D eigenvalue weighted by Crippen LogP contribution is 2.25. The summed E-state index contributed by atoms with van der Waals surface area (Å²) in [6.07, 6.45) is 4.78. The first-order valence-electron chi connectivity index (χ1n) is 7.54. The van der Waals surface area contributed by atoms with Crippen LogP contribution < -0.4 is 9.47 Å². The van der Waals surface area contributed by atoms with E-state index in [4.69, 9.17) is 9.47 Å². The second-order valence-corrected chi connectivity index (χ2v) is 4.91. The van der Waals surface area contributed by atoms with Gasteiger partial charge in [0.15, 0.2) is 0 Å². The summed E-state index contributed by atoms with van der Waals surface area (Å²) in [6.45, 7) is 5.28. The fourth-order valence-electron chi connectivity index (χ4n) is 2.02. The molecular formula is C20H18O4. The fraction of sp³-hybridized carbons (Fsp3) is 0.100. The van der Waals surface area contributed by atoms with E-state index >= 15 is 0 Å². The van der Waals surface area contributed by atoms with Gasteiger partial charge >= 0.3 is 11.9 Å². The van der Waals surface area contributed by atoms with E-state index in [0.29, 0.717) is 17.9 Å². The monoisotopic (exact) mass is 322 g/mol. The van der Waals surface area contributed by atoms with Gasteiger partial charge in [0.2, 0.25) is 0 Å². The molecule has 0 heterocycles. The third kappa shape index (κ3) is 4.95. The number of hydrogen-bond acceptors (Lipinski definition) is 4. The van der Waals surface area contributed by atoms with E-state index in [9.17, 15) is 9.59 Å². The molecule has 122 valence electrons. The Morgan fingerprint density at radius 2 is 1.79 bits per heavy atom. The predicted octanol–water partition coefficient (Wildman–Crippen LogP) is 3.96. The fourth-order valence-corrected chi connectivity index (χ4v) is 2.02. The molecule has 2 aromatic carbocycles. The number of rotatable bonds is 6. The van der Waals surface area contributed by atoms with Crippen molar-refractivity contribution in [3.8, 4) is 11.5 Å². The van der Waals surface area contributed by atoms with Crippen molar-refractivity contribution in [2.45, 2.75) is 13.3 Å². The molecule has 0 radical (unpaired) electrons. The third-order valence-electron chi connectivity index (χ3n) is 3.22. The molecule has 4 nitrogen and oxygen atoms in total. The predicted molar refractivity (Wildman–Crippen MR) is 92.8 cm³/mol. The van der Waals surface area contributed by atoms with Gasteiger partial charge in [0.05, 0.1) is 0 Å². The average Bonchev–Trinajstić information content (AvgIpc) is 2.62. The Hall–Kier alpha value is -3.14. The smallest absolute Gasteiger partial charge is 0.336 e. The first-order chi connectivity index (χ1) is 11.6. The molecule has 0 spiro atoms. The highest BCUT2D eigenvalue weighted by Gasteiger charge is 2.09. The second kappa shape index (κ2) is 8.48. The summed E-state index contributed by atoms with van der Waals surface area (Å²) >= 11 is 0. The molecule has 0 aliphatic heterocycles. The van der Waals surface area contributed by atoms with Gasteiger partial charge in [-0.2, -0.15) is 0 Å². The van der Waals surface area contributed by atoms with E-state index in [0.717, 1.165) is 17.2 Å². The maximum Gasteiger partial charge on any atom is 0.336 e. The van der Waals surface area contributed by atoms with E-state index in [1.54, 1.807) is 24.3 Å². The molecule has 0 aliphatic carbocycles. The first-order valence-corrected chi connectivity index (χ1v) is 7.54. The Bertz CT molecular complexity index is 760. The lowest BCUT2D eigenvalue weighted by Crippen LogP contribution is -2.07. The van der Waals surface area contributed by atoms with Crippen LogP contribution in [-0.2, 0) is 16.0 Å². The number of aryl methyl sites for hydroxylation is 1. The summed E-state index contributed by atoms with van der Waals surface area (Å²) in [6, 6.07) is 14.3. The van der Waals surface area contributed by atoms with Crippen molar-refractivity contribution in [2.24, 2.45) is 0 Å². The van der Waals surface area contributed by atoms with Gasteiger partial charge in [-0.15, -0.1) is 0 Å². The zero-order valence-corrected chi connectivity index (χ0v) is 13.4. The van der Waals surface area contributed by atoms with Crippen LogP contribution in [0.4, 0.5) is 0 Å². The minimum Gasteiger partial charge on any atom is -0.423 e. The number of carbonyl (C=O) groups is 2. The number of ether oxygens (including phenoxy) is 2. The Morgan fingerprint density at radius 3 is 2.46 bits per heavy atom. The van der Waals surface area contributed by atoms with Gasteiger partial charge in [-0.25, -0.2) is 9.59 Å². The van der Waals surface area contributed by atoms with Crippen molar-refractivity contribution in [1.82, 2.24) is 0 Å². The standard InChI is InChI=1S/C20H18O4/c1-3-16-14-17(11-12-18(16)24-19(21)4-2)23-20(22)13-10-15-8-6-5-7-9-15/h4-14H,2-3H2,1H3. The molecule has 0 saturated heterocycles. The molecule has 0 amide bonds. The molecule has 0 saturated carbocycles. The quantitative estimate of drug-likeness (QED) is 0.459. The van der Waals surface area contributed by atoms with E-state index in [1.165, 1.54) is 6.08 Å². The highest BCUT2D eigenvalue weighted by molar-refractivity contribution is 5.88. The van der Waals surface area contributed by atoms with Gasteiger partial charge in [0, 0.05) is 12.2 Å². The molecule has 4 heteroatoms. The molecular weight excluding hydrogens is 304 g/mol. The molecule has 0 aliphatic rings. The van der Waals surface area contributed by atoms with Gasteiger partial charge in [-0.05, 0) is 41.8 Å². The summed E-state index contributed by atoms with van der Waals surface area (Å²) in [5.41, 5.74) is 1.68. The van der Waals surface area contributed by atoms with Gasteiger partial charge in [-0.1, -0.05) is 43.8 Å². The lowest BCUT2D eigenvalue weighted by Gasteiger charge is -2.09. The summed E-state index contributed by atoms with van der Waals surface area (Å²) in [5, 5.41) is 0. The lowest BCUT2D eigenvalue weighted by molar-refractivity contribution is -0.130. The molecule has 0 atom stereocenters. The third-order valence-corrected chi connectivity index (χ3v) is 3.22. The molecule has 0 bridgehead atoms. The largest absolute Gasteiger partial charge is 0.423 e. The van der Waals surface area contributed by atoms with Crippen LogP contribution in [0.15, 0.2) is 67.3 Å². The summed E-state index contributed by atoms with van der Waals surface area (Å²) in [4.78, 5) is 23.2. The zero-order chi connectivity index (χ0) is 17.4. The normalized spacial score (nSPS) is 10.4. The van der Waals surface area contributed by atoms with Crippen LogP contribution >= 0.6 is 0 Å². The van der Waals surface area contributed by atoms with Crippen molar-refractivity contribution in [3.05, 3.63) is 78.4 Å². The second-order valence-electron chi connectivity index (χ2n) is 4.91. The van der Waals surface area contributed by atoms with Crippen molar-refractivity contribution in [3.63, 3.8) is 0 Å².